The minimum absolute atomic E-state index is 0.0293. The Kier molecular flexibility index (Phi) is 13.3. The molecule has 1 heterocycles. The zero-order valence-corrected chi connectivity index (χ0v) is 20.7. The smallest absolute Gasteiger partial charge is 0.220 e. The molecule has 0 spiro atoms. The Morgan fingerprint density at radius 2 is 1.48 bits per heavy atom. The molecule has 0 aromatic heterocycles. The van der Waals surface area contributed by atoms with Crippen LogP contribution in [0.1, 0.15) is 116 Å². The quantitative estimate of drug-likeness (QED) is 0.178. The minimum Gasteiger partial charge on any atom is -0.394 e. The third kappa shape index (κ3) is 10.3. The Bertz CT molecular complexity index is 607. The summed E-state index contributed by atoms with van der Waals surface area (Å²) in [5.41, 5.74) is -1.66. The summed E-state index contributed by atoms with van der Waals surface area (Å²) < 4.78 is 5.32. The van der Waals surface area contributed by atoms with Crippen molar-refractivity contribution in [2.45, 2.75) is 140 Å². The van der Waals surface area contributed by atoms with Crippen LogP contribution in [-0.2, 0) is 14.3 Å². The molecule has 0 radical (unpaired) electrons. The van der Waals surface area contributed by atoms with E-state index in [0.717, 1.165) is 19.3 Å². The molecule has 1 aliphatic carbocycles. The van der Waals surface area contributed by atoms with Gasteiger partial charge in [0.15, 0.2) is 11.4 Å². The Hall–Kier alpha value is -1.24. The predicted octanol–water partition coefficient (Wildman–Crippen LogP) is 4.75. The van der Waals surface area contributed by atoms with Crippen molar-refractivity contribution in [1.82, 2.24) is 5.32 Å². The van der Waals surface area contributed by atoms with Gasteiger partial charge in [-0.3, -0.25) is 9.59 Å². The number of amides is 1. The molecule has 2 rings (SSSR count). The second kappa shape index (κ2) is 15.6. The van der Waals surface area contributed by atoms with Gasteiger partial charge in [0.2, 0.25) is 5.91 Å². The van der Waals surface area contributed by atoms with Crippen molar-refractivity contribution in [1.29, 1.82) is 0 Å². The number of ether oxygens (including phenoxy) is 1. The van der Waals surface area contributed by atoms with E-state index in [2.05, 4.69) is 12.2 Å². The van der Waals surface area contributed by atoms with Crippen molar-refractivity contribution in [3.63, 3.8) is 0 Å². The van der Waals surface area contributed by atoms with Gasteiger partial charge >= 0.3 is 0 Å². The van der Waals surface area contributed by atoms with E-state index in [4.69, 9.17) is 4.74 Å². The molecule has 0 saturated carbocycles. The van der Waals surface area contributed by atoms with E-state index >= 15 is 0 Å². The van der Waals surface area contributed by atoms with Crippen LogP contribution in [0.4, 0.5) is 0 Å². The summed E-state index contributed by atoms with van der Waals surface area (Å²) in [5.74, 6) is -0.559. The molecule has 3 N–H and O–H groups in total. The number of aliphatic hydroxyl groups excluding tert-OH is 1. The lowest BCUT2D eigenvalue weighted by molar-refractivity contribution is -0.137. The van der Waals surface area contributed by atoms with Crippen molar-refractivity contribution >= 4 is 11.7 Å². The summed E-state index contributed by atoms with van der Waals surface area (Å²) in [4.78, 5) is 24.3. The van der Waals surface area contributed by atoms with Crippen LogP contribution >= 0.6 is 0 Å². The number of ketones is 1. The molecule has 2 aliphatic rings. The topological polar surface area (TPSA) is 99.2 Å². The summed E-state index contributed by atoms with van der Waals surface area (Å²) in [5, 5.41) is 23.1. The molecule has 1 saturated heterocycles. The standard InChI is InChI=1S/C27H47NO5/c1-2-3-4-5-6-7-8-9-10-11-12-13-14-15-16-17-25(31)28-22(21-29)20-27(32)24(30)19-18-23-26(27)33-23/h18-19,22-23,26,29,32H,2-17,20-21H2,1H3,(H,28,31)/t22-,23-,26-,27+/m0/s1. The predicted molar refractivity (Wildman–Crippen MR) is 131 cm³/mol. The van der Waals surface area contributed by atoms with Gasteiger partial charge in [0.1, 0.15) is 12.2 Å². The van der Waals surface area contributed by atoms with Crippen molar-refractivity contribution in [2.24, 2.45) is 0 Å². The fourth-order valence-electron chi connectivity index (χ4n) is 4.83. The van der Waals surface area contributed by atoms with E-state index in [9.17, 15) is 19.8 Å². The Labute approximate surface area is 200 Å². The molecule has 0 aromatic carbocycles. The van der Waals surface area contributed by atoms with Gasteiger partial charge in [0.05, 0.1) is 12.6 Å². The van der Waals surface area contributed by atoms with Gasteiger partial charge in [0.25, 0.3) is 0 Å². The number of nitrogens with one attached hydrogen (secondary N) is 1. The molecule has 4 atom stereocenters. The first-order valence-electron chi connectivity index (χ1n) is 13.5. The fraction of sp³-hybridized carbons (Fsp3) is 0.852. The SMILES string of the molecule is CCCCCCCCCCCCCCCCCC(=O)N[C@H](CO)C[C@@]1(O)C(=O)C=C[C@@H]2O[C@@H]21. The lowest BCUT2D eigenvalue weighted by Gasteiger charge is -2.29. The van der Waals surface area contributed by atoms with Crippen LogP contribution in [0.3, 0.4) is 0 Å². The van der Waals surface area contributed by atoms with Crippen LogP contribution in [0.5, 0.6) is 0 Å². The molecule has 6 nitrogen and oxygen atoms in total. The second-order valence-electron chi connectivity index (χ2n) is 10.0. The Morgan fingerprint density at radius 3 is 2.00 bits per heavy atom. The van der Waals surface area contributed by atoms with Crippen LogP contribution in [0.2, 0.25) is 0 Å². The highest BCUT2D eigenvalue weighted by atomic mass is 16.6. The molecule has 1 aliphatic heterocycles. The minimum atomic E-state index is -1.66. The lowest BCUT2D eigenvalue weighted by Crippen LogP contribution is -2.52. The largest absolute Gasteiger partial charge is 0.394 e. The van der Waals surface area contributed by atoms with E-state index in [-0.39, 0.29) is 25.0 Å². The van der Waals surface area contributed by atoms with Gasteiger partial charge < -0.3 is 20.3 Å². The zero-order valence-electron chi connectivity index (χ0n) is 20.7. The van der Waals surface area contributed by atoms with Crippen LogP contribution in [0.25, 0.3) is 0 Å². The van der Waals surface area contributed by atoms with Crippen molar-refractivity contribution in [3.05, 3.63) is 12.2 Å². The highest BCUT2D eigenvalue weighted by Gasteiger charge is 2.59. The molecule has 190 valence electrons. The summed E-state index contributed by atoms with van der Waals surface area (Å²) in [6.07, 6.45) is 21.8. The molecule has 6 heteroatoms. The zero-order chi connectivity index (χ0) is 23.9. The molecular weight excluding hydrogens is 418 g/mol. The first kappa shape index (κ1) is 28.0. The highest BCUT2D eigenvalue weighted by Crippen LogP contribution is 2.40. The molecule has 1 amide bonds. The maximum absolute atomic E-state index is 12.2. The first-order valence-corrected chi connectivity index (χ1v) is 13.5. The summed E-state index contributed by atoms with van der Waals surface area (Å²) >= 11 is 0. The molecule has 1 fully saturated rings. The lowest BCUT2D eigenvalue weighted by atomic mass is 9.82. The molecule has 33 heavy (non-hydrogen) atoms. The van der Waals surface area contributed by atoms with Crippen molar-refractivity contribution in [3.8, 4) is 0 Å². The number of aliphatic hydroxyl groups is 2. The number of hydrogen-bond donors (Lipinski definition) is 3. The summed E-state index contributed by atoms with van der Waals surface area (Å²) in [6, 6.07) is -0.654. The summed E-state index contributed by atoms with van der Waals surface area (Å²) in [7, 11) is 0. The van der Waals surface area contributed by atoms with Gasteiger partial charge in [-0.25, -0.2) is 0 Å². The van der Waals surface area contributed by atoms with E-state index in [1.807, 2.05) is 0 Å². The number of hydrogen-bond acceptors (Lipinski definition) is 5. The second-order valence-corrected chi connectivity index (χ2v) is 10.0. The molecule has 0 unspecified atom stereocenters. The van der Waals surface area contributed by atoms with Crippen LogP contribution < -0.4 is 5.32 Å². The number of rotatable bonds is 20. The molecule has 0 bridgehead atoms. The van der Waals surface area contributed by atoms with E-state index in [1.165, 1.54) is 83.1 Å². The van der Waals surface area contributed by atoms with Crippen LogP contribution in [-0.4, -0.2) is 52.4 Å². The van der Waals surface area contributed by atoms with Gasteiger partial charge in [-0.2, -0.15) is 0 Å². The number of unbranched alkanes of at least 4 members (excludes halogenated alkanes) is 14. The van der Waals surface area contributed by atoms with Gasteiger partial charge in [-0.15, -0.1) is 0 Å². The van der Waals surface area contributed by atoms with Crippen LogP contribution in [0, 0.1) is 0 Å². The monoisotopic (exact) mass is 465 g/mol. The van der Waals surface area contributed by atoms with Gasteiger partial charge in [-0.1, -0.05) is 96.8 Å². The number of epoxide rings is 1. The maximum Gasteiger partial charge on any atom is 0.220 e. The maximum atomic E-state index is 12.2. The first-order chi connectivity index (χ1) is 16.0. The third-order valence-corrected chi connectivity index (χ3v) is 7.01. The Morgan fingerprint density at radius 1 is 0.970 bits per heavy atom. The number of carbonyl (C=O) groups is 2. The molecular formula is C27H47NO5. The normalized spacial score (nSPS) is 24.5. The van der Waals surface area contributed by atoms with Gasteiger partial charge in [-0.05, 0) is 18.6 Å². The Balaban J connectivity index is 1.42. The fourth-order valence-corrected chi connectivity index (χ4v) is 4.83. The molecule has 0 aromatic rings. The van der Waals surface area contributed by atoms with E-state index < -0.39 is 23.5 Å². The van der Waals surface area contributed by atoms with Gasteiger partial charge in [0, 0.05) is 12.8 Å². The van der Waals surface area contributed by atoms with E-state index in [1.54, 1.807) is 6.08 Å². The number of carbonyl (C=O) groups excluding carboxylic acids is 2. The average Bonchev–Trinajstić information content (AvgIpc) is 3.60. The van der Waals surface area contributed by atoms with Crippen molar-refractivity contribution in [2.75, 3.05) is 6.61 Å². The highest BCUT2D eigenvalue weighted by molar-refractivity contribution is 5.99. The van der Waals surface area contributed by atoms with Crippen molar-refractivity contribution < 1.29 is 24.5 Å². The average molecular weight is 466 g/mol. The number of fused-ring (bicyclic) bond motifs is 1. The van der Waals surface area contributed by atoms with E-state index in [0.29, 0.717) is 6.42 Å². The van der Waals surface area contributed by atoms with Crippen LogP contribution in [0.15, 0.2) is 12.2 Å². The third-order valence-electron chi connectivity index (χ3n) is 7.01. The summed E-state index contributed by atoms with van der Waals surface area (Å²) in [6.45, 7) is 1.94.